The highest BCUT2D eigenvalue weighted by Crippen LogP contribution is 2.36. The summed E-state index contributed by atoms with van der Waals surface area (Å²) in [5.74, 6) is 0.236. The number of hydrogen-bond acceptors (Lipinski definition) is 5. The Morgan fingerprint density at radius 3 is 2.60 bits per heavy atom. The molecule has 0 amide bonds. The van der Waals surface area contributed by atoms with E-state index in [0.717, 1.165) is 30.4 Å². The number of sulfonamides is 1. The lowest BCUT2D eigenvalue weighted by Crippen LogP contribution is -2.29. The predicted octanol–water partition coefficient (Wildman–Crippen LogP) is 3.09. The number of aliphatic hydroxyl groups excluding tert-OH is 1. The minimum atomic E-state index is -3.59. The second kappa shape index (κ2) is 9.87. The average molecular weight is 437 g/mol. The molecule has 0 aliphatic heterocycles. The molecule has 3 N–H and O–H groups in total. The van der Waals surface area contributed by atoms with E-state index < -0.39 is 10.0 Å². The monoisotopic (exact) mass is 436 g/mol. The number of methoxy groups -OCH3 is 1. The third kappa shape index (κ3) is 5.37. The lowest BCUT2D eigenvalue weighted by Gasteiger charge is -2.21. The van der Waals surface area contributed by atoms with Crippen molar-refractivity contribution in [1.29, 1.82) is 0 Å². The number of nitrogens with one attached hydrogen (secondary N) is 2. The van der Waals surface area contributed by atoms with E-state index in [-0.39, 0.29) is 35.7 Å². The Kier molecular flexibility index (Phi) is 7.46. The highest BCUT2D eigenvalue weighted by atomic mass is 32.2. The van der Waals surface area contributed by atoms with Gasteiger partial charge in [0.25, 0.3) is 0 Å². The molecule has 1 aliphatic rings. The summed E-state index contributed by atoms with van der Waals surface area (Å²) < 4.78 is 45.3. The van der Waals surface area contributed by atoms with Crippen molar-refractivity contribution in [3.63, 3.8) is 0 Å². The van der Waals surface area contributed by atoms with Gasteiger partial charge in [-0.15, -0.1) is 0 Å². The summed E-state index contributed by atoms with van der Waals surface area (Å²) in [5.41, 5.74) is 2.10. The van der Waals surface area contributed by atoms with Crippen LogP contribution in [0.4, 0.5) is 4.39 Å². The van der Waals surface area contributed by atoms with Gasteiger partial charge in [0.2, 0.25) is 10.0 Å². The fourth-order valence-corrected chi connectivity index (χ4v) is 5.03. The first-order valence-corrected chi connectivity index (χ1v) is 11.6. The van der Waals surface area contributed by atoms with Crippen LogP contribution in [-0.2, 0) is 10.0 Å². The molecule has 3 atom stereocenters. The van der Waals surface area contributed by atoms with E-state index in [4.69, 9.17) is 9.84 Å². The molecule has 2 aromatic rings. The van der Waals surface area contributed by atoms with Crippen LogP contribution >= 0.6 is 0 Å². The largest absolute Gasteiger partial charge is 0.494 e. The standard InChI is InChI=1S/C22H29FN2O4S/c1-15(17-6-10-21(23)22(14-17)29-2)25-19-7-3-18(13-19)16-4-8-20(9-5-16)30(27,28)24-11-12-26/h4-6,8-10,14-15,18-19,24-26H,3,7,11-13H2,1-2H3/t15-,18+,19?/m1/s1. The van der Waals surface area contributed by atoms with Crippen LogP contribution in [0.2, 0.25) is 0 Å². The Morgan fingerprint density at radius 1 is 1.20 bits per heavy atom. The van der Waals surface area contributed by atoms with E-state index in [1.54, 1.807) is 24.3 Å². The Balaban J connectivity index is 1.60. The van der Waals surface area contributed by atoms with Crippen LogP contribution in [0, 0.1) is 5.82 Å². The fourth-order valence-electron chi connectivity index (χ4n) is 4.01. The van der Waals surface area contributed by atoms with Crippen LogP contribution in [0.25, 0.3) is 0 Å². The van der Waals surface area contributed by atoms with Crippen LogP contribution in [0.3, 0.4) is 0 Å². The molecule has 0 aromatic heterocycles. The molecule has 0 bridgehead atoms. The van der Waals surface area contributed by atoms with Gasteiger partial charge in [0.05, 0.1) is 18.6 Å². The van der Waals surface area contributed by atoms with Crippen LogP contribution in [0.5, 0.6) is 5.75 Å². The normalized spacial score (nSPS) is 20.3. The van der Waals surface area contributed by atoms with E-state index in [2.05, 4.69) is 17.0 Å². The van der Waals surface area contributed by atoms with Crippen LogP contribution in [0.15, 0.2) is 47.4 Å². The third-order valence-electron chi connectivity index (χ3n) is 5.66. The molecular weight excluding hydrogens is 407 g/mol. The van der Waals surface area contributed by atoms with Gasteiger partial charge in [0.15, 0.2) is 11.6 Å². The van der Waals surface area contributed by atoms with Gasteiger partial charge in [0, 0.05) is 18.6 Å². The minimum absolute atomic E-state index is 0.00181. The van der Waals surface area contributed by atoms with E-state index in [1.165, 1.54) is 13.2 Å². The van der Waals surface area contributed by atoms with Crippen molar-refractivity contribution in [3.05, 3.63) is 59.4 Å². The summed E-state index contributed by atoms with van der Waals surface area (Å²) in [6.07, 6.45) is 2.99. The van der Waals surface area contributed by atoms with Gasteiger partial charge in [-0.1, -0.05) is 18.2 Å². The van der Waals surface area contributed by atoms with Gasteiger partial charge < -0.3 is 15.2 Å². The van der Waals surface area contributed by atoms with Crippen LogP contribution < -0.4 is 14.8 Å². The Morgan fingerprint density at radius 2 is 1.93 bits per heavy atom. The van der Waals surface area contributed by atoms with Crippen molar-refractivity contribution in [2.45, 2.75) is 49.1 Å². The summed E-state index contributed by atoms with van der Waals surface area (Å²) in [4.78, 5) is 0.200. The average Bonchev–Trinajstić information content (AvgIpc) is 3.21. The number of hydrogen-bond donors (Lipinski definition) is 3. The number of aliphatic hydroxyl groups is 1. The maximum Gasteiger partial charge on any atom is 0.240 e. The molecule has 30 heavy (non-hydrogen) atoms. The first-order valence-electron chi connectivity index (χ1n) is 10.1. The summed E-state index contributed by atoms with van der Waals surface area (Å²) in [7, 11) is -2.13. The molecule has 1 unspecified atom stereocenters. The van der Waals surface area contributed by atoms with E-state index >= 15 is 0 Å². The summed E-state index contributed by atoms with van der Waals surface area (Å²) in [6.45, 7) is 1.81. The second-order valence-electron chi connectivity index (χ2n) is 7.68. The molecule has 0 heterocycles. The quantitative estimate of drug-likeness (QED) is 0.562. The van der Waals surface area contributed by atoms with Crippen molar-refractivity contribution in [1.82, 2.24) is 10.0 Å². The molecule has 1 fully saturated rings. The van der Waals surface area contributed by atoms with Gasteiger partial charge in [0.1, 0.15) is 0 Å². The molecule has 6 nitrogen and oxygen atoms in total. The zero-order chi connectivity index (χ0) is 21.7. The number of benzene rings is 2. The molecule has 164 valence electrons. The Labute approximate surface area is 177 Å². The molecule has 1 saturated carbocycles. The maximum absolute atomic E-state index is 13.6. The van der Waals surface area contributed by atoms with Gasteiger partial charge >= 0.3 is 0 Å². The first kappa shape index (κ1) is 22.7. The van der Waals surface area contributed by atoms with E-state index in [9.17, 15) is 12.8 Å². The minimum Gasteiger partial charge on any atom is -0.494 e. The summed E-state index contributed by atoms with van der Waals surface area (Å²) >= 11 is 0. The summed E-state index contributed by atoms with van der Waals surface area (Å²) in [5, 5.41) is 12.4. The fraction of sp³-hybridized carbons (Fsp3) is 0.455. The van der Waals surface area contributed by atoms with Crippen LogP contribution in [0.1, 0.15) is 49.3 Å². The molecule has 0 radical (unpaired) electrons. The number of rotatable bonds is 9. The number of halogens is 1. The smallest absolute Gasteiger partial charge is 0.240 e. The van der Waals surface area contributed by atoms with Crippen molar-refractivity contribution < 1.29 is 22.7 Å². The van der Waals surface area contributed by atoms with Gasteiger partial charge in [-0.2, -0.15) is 0 Å². The third-order valence-corrected chi connectivity index (χ3v) is 7.14. The van der Waals surface area contributed by atoms with E-state index in [0.29, 0.717) is 12.0 Å². The second-order valence-corrected chi connectivity index (χ2v) is 9.45. The summed E-state index contributed by atoms with van der Waals surface area (Å²) in [6, 6.07) is 12.3. The topological polar surface area (TPSA) is 87.7 Å². The van der Waals surface area contributed by atoms with Crippen molar-refractivity contribution >= 4 is 10.0 Å². The van der Waals surface area contributed by atoms with Crippen molar-refractivity contribution in [2.24, 2.45) is 0 Å². The molecule has 0 spiro atoms. The Bertz CT molecular complexity index is 950. The zero-order valence-corrected chi connectivity index (χ0v) is 18.1. The highest BCUT2D eigenvalue weighted by Gasteiger charge is 2.27. The molecule has 1 aliphatic carbocycles. The van der Waals surface area contributed by atoms with Gasteiger partial charge in [-0.05, 0) is 67.5 Å². The number of ether oxygens (including phenoxy) is 1. The molecule has 3 rings (SSSR count). The Hall–Kier alpha value is -2.00. The highest BCUT2D eigenvalue weighted by molar-refractivity contribution is 7.89. The van der Waals surface area contributed by atoms with Crippen molar-refractivity contribution in [3.8, 4) is 5.75 Å². The van der Waals surface area contributed by atoms with Gasteiger partial charge in [-0.25, -0.2) is 17.5 Å². The van der Waals surface area contributed by atoms with Crippen molar-refractivity contribution in [2.75, 3.05) is 20.3 Å². The van der Waals surface area contributed by atoms with Gasteiger partial charge in [-0.3, -0.25) is 0 Å². The lowest BCUT2D eigenvalue weighted by molar-refractivity contribution is 0.301. The SMILES string of the molecule is COc1cc([C@@H](C)NC2CC[C@H](c3ccc(S(=O)(=O)NCCO)cc3)C2)ccc1F. The molecule has 2 aromatic carbocycles. The molecule has 8 heteroatoms. The molecular formula is C22H29FN2O4S. The molecule has 0 saturated heterocycles. The van der Waals surface area contributed by atoms with E-state index in [1.807, 2.05) is 12.1 Å². The maximum atomic E-state index is 13.6. The zero-order valence-electron chi connectivity index (χ0n) is 17.3. The van der Waals surface area contributed by atoms with Crippen LogP contribution in [-0.4, -0.2) is 39.8 Å². The lowest BCUT2D eigenvalue weighted by atomic mass is 9.97. The predicted molar refractivity (Wildman–Crippen MR) is 114 cm³/mol. The first-order chi connectivity index (χ1) is 14.3.